The number of alkyl halides is 6. The van der Waals surface area contributed by atoms with Crippen molar-refractivity contribution < 1.29 is 40.7 Å². The van der Waals surface area contributed by atoms with Crippen LogP contribution in [0.4, 0.5) is 26.3 Å². The first-order valence-corrected chi connectivity index (χ1v) is 8.82. The van der Waals surface area contributed by atoms with Crippen molar-refractivity contribution in [3.8, 4) is 11.5 Å². The van der Waals surface area contributed by atoms with Gasteiger partial charge in [0, 0.05) is 18.8 Å². The van der Waals surface area contributed by atoms with E-state index in [1.54, 1.807) is 7.05 Å². The van der Waals surface area contributed by atoms with Crippen molar-refractivity contribution in [3.05, 3.63) is 83.2 Å². The van der Waals surface area contributed by atoms with Crippen LogP contribution in [-0.2, 0) is 17.1 Å². The summed E-state index contributed by atoms with van der Waals surface area (Å²) in [4.78, 5) is 23.4. The summed E-state index contributed by atoms with van der Waals surface area (Å²) in [7, 11) is 1.54. The Morgan fingerprint density at radius 3 is 2.06 bits per heavy atom. The number of carbonyl (C=O) groups excluding carboxylic acids is 2. The highest BCUT2D eigenvalue weighted by Gasteiger charge is 2.32. The minimum absolute atomic E-state index is 0.0303. The lowest BCUT2D eigenvalue weighted by Crippen LogP contribution is -2.23. The first-order chi connectivity index (χ1) is 15.0. The maximum atomic E-state index is 13.1. The normalized spacial score (nSPS) is 12.5. The van der Waals surface area contributed by atoms with E-state index in [9.17, 15) is 35.9 Å². The molecule has 2 N–H and O–H groups in total. The molecule has 5 nitrogen and oxygen atoms in total. The van der Waals surface area contributed by atoms with Crippen LogP contribution in [0.25, 0.3) is 0 Å². The summed E-state index contributed by atoms with van der Waals surface area (Å²) in [5.74, 6) is -1.50. The standard InChI is InChI=1S/C21H16F6N2O3/c1-28-10-8-15(9-11-30)29-19(31)17-12-14(21(25,26)27)4-7-18(17)32-16-5-2-13(3-6-16)20(22,23)24/h2-12,28H,1H3,(H,29,31)/b10-8-,15-9+. The molecule has 2 aromatic rings. The summed E-state index contributed by atoms with van der Waals surface area (Å²) in [5, 5.41) is 4.89. The summed E-state index contributed by atoms with van der Waals surface area (Å²) in [5.41, 5.74) is -2.67. The molecule has 0 unspecified atom stereocenters. The van der Waals surface area contributed by atoms with E-state index in [4.69, 9.17) is 4.74 Å². The largest absolute Gasteiger partial charge is 0.457 e. The van der Waals surface area contributed by atoms with Gasteiger partial charge < -0.3 is 15.4 Å². The number of nitrogens with one attached hydrogen (secondary N) is 2. The summed E-state index contributed by atoms with van der Waals surface area (Å²) >= 11 is 0. The van der Waals surface area contributed by atoms with Crippen molar-refractivity contribution in [3.63, 3.8) is 0 Å². The first kappa shape index (κ1) is 24.5. The first-order valence-electron chi connectivity index (χ1n) is 8.82. The van der Waals surface area contributed by atoms with Crippen molar-refractivity contribution in [2.45, 2.75) is 12.4 Å². The maximum Gasteiger partial charge on any atom is 0.416 e. The van der Waals surface area contributed by atoms with Crippen molar-refractivity contribution in [1.29, 1.82) is 0 Å². The molecular weight excluding hydrogens is 442 g/mol. The molecule has 0 aliphatic rings. The van der Waals surface area contributed by atoms with Crippen molar-refractivity contribution in [2.75, 3.05) is 7.05 Å². The Morgan fingerprint density at radius 1 is 0.938 bits per heavy atom. The lowest BCUT2D eigenvalue weighted by atomic mass is 10.1. The van der Waals surface area contributed by atoms with E-state index in [0.29, 0.717) is 18.4 Å². The summed E-state index contributed by atoms with van der Waals surface area (Å²) in [6.45, 7) is 0. The molecule has 11 heteroatoms. The number of benzene rings is 2. The molecular formula is C21H16F6N2O3. The van der Waals surface area contributed by atoms with Gasteiger partial charge in [0.2, 0.25) is 0 Å². The second kappa shape index (κ2) is 10.0. The summed E-state index contributed by atoms with van der Waals surface area (Å²) < 4.78 is 82.9. The second-order valence-electron chi connectivity index (χ2n) is 6.17. The molecule has 0 aromatic heterocycles. The fraction of sp³-hybridized carbons (Fsp3) is 0.143. The second-order valence-corrected chi connectivity index (χ2v) is 6.17. The number of rotatable bonds is 7. The predicted molar refractivity (Wildman–Crippen MR) is 103 cm³/mol. The molecule has 0 bridgehead atoms. The van der Waals surface area contributed by atoms with Crippen LogP contribution in [-0.4, -0.2) is 19.2 Å². The van der Waals surface area contributed by atoms with E-state index in [1.165, 1.54) is 12.3 Å². The van der Waals surface area contributed by atoms with Crippen LogP contribution in [0, 0.1) is 0 Å². The van der Waals surface area contributed by atoms with Gasteiger partial charge in [0.05, 0.1) is 16.7 Å². The van der Waals surface area contributed by atoms with E-state index < -0.39 is 35.0 Å². The number of carbonyl (C=O) groups is 2. The number of hydrogen-bond acceptors (Lipinski definition) is 4. The molecule has 2 rings (SSSR count). The zero-order chi connectivity index (χ0) is 23.9. The van der Waals surface area contributed by atoms with Crippen LogP contribution in [0.15, 0.2) is 66.5 Å². The van der Waals surface area contributed by atoms with Gasteiger partial charge in [-0.1, -0.05) is 0 Å². The van der Waals surface area contributed by atoms with Gasteiger partial charge >= 0.3 is 12.4 Å². The van der Waals surface area contributed by atoms with Crippen molar-refractivity contribution in [2.24, 2.45) is 0 Å². The summed E-state index contributed by atoms with van der Waals surface area (Å²) in [6, 6.07) is 5.47. The zero-order valence-electron chi connectivity index (χ0n) is 16.3. The van der Waals surface area contributed by atoms with Crippen LogP contribution in [0.5, 0.6) is 11.5 Å². The van der Waals surface area contributed by atoms with Gasteiger partial charge in [-0.05, 0) is 54.7 Å². The molecule has 0 atom stereocenters. The van der Waals surface area contributed by atoms with Gasteiger partial charge in [0.15, 0.2) is 0 Å². The van der Waals surface area contributed by atoms with Crippen LogP contribution in [0.1, 0.15) is 21.5 Å². The Labute approximate surface area is 178 Å². The molecule has 0 saturated carbocycles. The van der Waals surface area contributed by atoms with Crippen LogP contribution in [0.2, 0.25) is 0 Å². The van der Waals surface area contributed by atoms with Gasteiger partial charge in [0.25, 0.3) is 5.91 Å². The molecule has 0 fully saturated rings. The quantitative estimate of drug-likeness (QED) is 0.263. The Morgan fingerprint density at radius 2 is 1.53 bits per heavy atom. The van der Waals surface area contributed by atoms with E-state index in [1.807, 2.05) is 0 Å². The summed E-state index contributed by atoms with van der Waals surface area (Å²) in [6.07, 6.45) is -5.37. The third-order valence-electron chi connectivity index (χ3n) is 3.90. The van der Waals surface area contributed by atoms with Crippen molar-refractivity contribution in [1.82, 2.24) is 10.6 Å². The van der Waals surface area contributed by atoms with Gasteiger partial charge in [0.1, 0.15) is 17.8 Å². The average molecular weight is 458 g/mol. The van der Waals surface area contributed by atoms with Crippen molar-refractivity contribution >= 4 is 12.2 Å². The molecule has 0 aliphatic carbocycles. The van der Waals surface area contributed by atoms with Gasteiger partial charge in [-0.15, -0.1) is 0 Å². The van der Waals surface area contributed by atoms with E-state index in [-0.39, 0.29) is 17.2 Å². The fourth-order valence-corrected chi connectivity index (χ4v) is 2.40. The fourth-order valence-electron chi connectivity index (χ4n) is 2.40. The number of aldehydes is 1. The maximum absolute atomic E-state index is 13.1. The third kappa shape index (κ3) is 6.62. The Kier molecular flexibility index (Phi) is 7.68. The highest BCUT2D eigenvalue weighted by atomic mass is 19.4. The Bertz CT molecular complexity index is 1030. The zero-order valence-corrected chi connectivity index (χ0v) is 16.3. The van der Waals surface area contributed by atoms with E-state index >= 15 is 0 Å². The molecule has 0 saturated heterocycles. The van der Waals surface area contributed by atoms with E-state index in [2.05, 4.69) is 10.6 Å². The molecule has 32 heavy (non-hydrogen) atoms. The number of ether oxygens (including phenoxy) is 1. The molecule has 2 aromatic carbocycles. The van der Waals surface area contributed by atoms with Gasteiger partial charge in [-0.2, -0.15) is 26.3 Å². The molecule has 1 amide bonds. The lowest BCUT2D eigenvalue weighted by molar-refractivity contribution is -0.138. The highest BCUT2D eigenvalue weighted by molar-refractivity contribution is 5.98. The minimum Gasteiger partial charge on any atom is -0.457 e. The number of amides is 1. The predicted octanol–water partition coefficient (Wildman–Crippen LogP) is 5.06. The molecule has 0 aliphatic heterocycles. The number of hydrogen-bond donors (Lipinski definition) is 2. The third-order valence-corrected chi connectivity index (χ3v) is 3.90. The molecule has 170 valence electrons. The number of allylic oxidation sites excluding steroid dienone is 2. The van der Waals surface area contributed by atoms with Gasteiger partial charge in [-0.3, -0.25) is 9.59 Å². The van der Waals surface area contributed by atoms with E-state index in [0.717, 1.165) is 36.4 Å². The van der Waals surface area contributed by atoms with Crippen LogP contribution < -0.4 is 15.4 Å². The Hall–Kier alpha value is -3.76. The minimum atomic E-state index is -4.77. The SMILES string of the molecule is CN/C=C\C(=C/C=O)NC(=O)c1cc(C(F)(F)F)ccc1Oc1ccc(C(F)(F)F)cc1. The highest BCUT2D eigenvalue weighted by Crippen LogP contribution is 2.35. The van der Waals surface area contributed by atoms with Gasteiger partial charge in [-0.25, -0.2) is 0 Å². The molecule has 0 radical (unpaired) electrons. The topological polar surface area (TPSA) is 67.4 Å². The molecule has 0 spiro atoms. The Balaban J connectivity index is 2.43. The monoisotopic (exact) mass is 458 g/mol. The smallest absolute Gasteiger partial charge is 0.416 e. The van der Waals surface area contributed by atoms with Crippen LogP contribution in [0.3, 0.4) is 0 Å². The average Bonchev–Trinajstić information content (AvgIpc) is 2.71. The number of halogens is 6. The molecule has 0 heterocycles. The lowest BCUT2D eigenvalue weighted by Gasteiger charge is -2.15. The van der Waals surface area contributed by atoms with Crippen LogP contribution >= 0.6 is 0 Å².